The van der Waals surface area contributed by atoms with Gasteiger partial charge in [-0.25, -0.2) is 9.59 Å². The molecule has 1 N–H and O–H groups in total. The summed E-state index contributed by atoms with van der Waals surface area (Å²) in [5, 5.41) is 5.04. The third kappa shape index (κ3) is 5.63. The molecule has 0 fully saturated rings. The molecule has 28 heavy (non-hydrogen) atoms. The summed E-state index contributed by atoms with van der Waals surface area (Å²) in [4.78, 5) is 39.9. The van der Waals surface area contributed by atoms with Crippen molar-refractivity contribution in [3.63, 3.8) is 0 Å². The van der Waals surface area contributed by atoms with Gasteiger partial charge in [-0.05, 0) is 41.5 Å². The minimum atomic E-state index is -0.611. The van der Waals surface area contributed by atoms with E-state index in [0.717, 1.165) is 22.4 Å². The molecule has 0 unspecified atom stereocenters. The fourth-order valence-corrected chi connectivity index (χ4v) is 5.16. The molecule has 2 aromatic heterocycles. The van der Waals surface area contributed by atoms with Gasteiger partial charge in [0, 0.05) is 34.2 Å². The molecule has 152 valence electrons. The normalized spacial score (nSPS) is 10.8. The number of methoxy groups -OCH3 is 2. The first kappa shape index (κ1) is 22.5. The molecule has 2 aromatic rings. The third-order valence-corrected chi connectivity index (χ3v) is 6.80. The van der Waals surface area contributed by atoms with E-state index in [-0.39, 0.29) is 22.8 Å². The summed E-state index contributed by atoms with van der Waals surface area (Å²) < 4.78 is 10.6. The summed E-state index contributed by atoms with van der Waals surface area (Å²) in [6.45, 7) is 2.91. The highest BCUT2D eigenvalue weighted by Gasteiger charge is 2.26. The minimum absolute atomic E-state index is 0.179. The number of halogens is 1. The van der Waals surface area contributed by atoms with Crippen molar-refractivity contribution in [3.8, 4) is 0 Å². The highest BCUT2D eigenvalue weighted by Crippen LogP contribution is 2.34. The topological polar surface area (TPSA) is 84.9 Å². The quantitative estimate of drug-likeness (QED) is 0.566. The van der Waals surface area contributed by atoms with Crippen molar-refractivity contribution in [1.29, 1.82) is 0 Å². The van der Waals surface area contributed by atoms with E-state index in [2.05, 4.69) is 21.2 Å². The number of rotatable bonds is 8. The maximum atomic E-state index is 12.4. The van der Waals surface area contributed by atoms with Gasteiger partial charge in [-0.3, -0.25) is 4.79 Å². The molecule has 10 heteroatoms. The second-order valence-corrected chi connectivity index (χ2v) is 8.94. The summed E-state index contributed by atoms with van der Waals surface area (Å²) >= 11 is 6.08. The lowest BCUT2D eigenvalue weighted by atomic mass is 10.1. The average molecular weight is 489 g/mol. The van der Waals surface area contributed by atoms with Gasteiger partial charge in [-0.2, -0.15) is 0 Å². The second-order valence-electron chi connectivity index (χ2n) is 6.01. The number of esters is 2. The Balaban J connectivity index is 2.04. The number of hydrogen-bond donors (Lipinski definition) is 1. The van der Waals surface area contributed by atoms with E-state index in [9.17, 15) is 14.4 Å². The largest absolute Gasteiger partial charge is 0.465 e. The number of nitrogens with one attached hydrogen (secondary N) is 1. The van der Waals surface area contributed by atoms with Crippen molar-refractivity contribution in [2.75, 3.05) is 33.1 Å². The van der Waals surface area contributed by atoms with Gasteiger partial charge in [0.25, 0.3) is 0 Å². The molecule has 2 rings (SSSR count). The van der Waals surface area contributed by atoms with E-state index in [1.807, 2.05) is 23.4 Å². The number of ether oxygens (including phenoxy) is 2. The number of amides is 1. The number of nitrogens with zero attached hydrogens (tertiary/aromatic N) is 1. The molecular formula is C18H21BrN2O5S2. The Morgan fingerprint density at radius 3 is 2.46 bits per heavy atom. The fraction of sp³-hybridized carbons (Fsp3) is 0.389. The first-order valence-electron chi connectivity index (χ1n) is 8.28. The zero-order valence-corrected chi connectivity index (χ0v) is 19.2. The molecule has 7 nitrogen and oxygen atoms in total. The van der Waals surface area contributed by atoms with Crippen LogP contribution >= 0.6 is 38.6 Å². The van der Waals surface area contributed by atoms with Crippen LogP contribution in [0.1, 0.15) is 36.9 Å². The summed E-state index contributed by atoms with van der Waals surface area (Å²) in [6.07, 6.45) is 0.244. The number of hydrogen-bond acceptors (Lipinski definition) is 8. The van der Waals surface area contributed by atoms with Crippen molar-refractivity contribution < 1.29 is 23.9 Å². The van der Waals surface area contributed by atoms with Crippen molar-refractivity contribution in [1.82, 2.24) is 4.90 Å². The van der Waals surface area contributed by atoms with Crippen LogP contribution in [0.3, 0.4) is 0 Å². The van der Waals surface area contributed by atoms with Gasteiger partial charge < -0.3 is 19.7 Å². The summed E-state index contributed by atoms with van der Waals surface area (Å²) in [5.41, 5.74) is 0.609. The van der Waals surface area contributed by atoms with Crippen molar-refractivity contribution in [2.24, 2.45) is 0 Å². The Kier molecular flexibility index (Phi) is 8.17. The van der Waals surface area contributed by atoms with Gasteiger partial charge >= 0.3 is 11.9 Å². The van der Waals surface area contributed by atoms with E-state index >= 15 is 0 Å². The van der Waals surface area contributed by atoms with Crippen LogP contribution < -0.4 is 5.32 Å². The molecule has 0 saturated carbocycles. The Hall–Kier alpha value is -1.75. The van der Waals surface area contributed by atoms with Gasteiger partial charge in [0.05, 0.1) is 19.8 Å². The molecule has 1 amide bonds. The SMILES string of the molecule is COC(=O)c1sc(NC(=O)CCN(C)Cc2cc(Br)cs2)c(C(=O)OC)c1C. The zero-order valence-electron chi connectivity index (χ0n) is 16.0. The molecule has 0 aliphatic carbocycles. The molecular weight excluding hydrogens is 468 g/mol. The van der Waals surface area contributed by atoms with E-state index < -0.39 is 11.9 Å². The molecule has 0 saturated heterocycles. The summed E-state index contributed by atoms with van der Waals surface area (Å²) in [7, 11) is 4.45. The van der Waals surface area contributed by atoms with Crippen LogP contribution in [0.2, 0.25) is 0 Å². The summed E-state index contributed by atoms with van der Waals surface area (Å²) in [6, 6.07) is 2.05. The predicted molar refractivity (Wildman–Crippen MR) is 113 cm³/mol. The number of carbonyl (C=O) groups is 3. The highest BCUT2D eigenvalue weighted by molar-refractivity contribution is 9.10. The van der Waals surface area contributed by atoms with Gasteiger partial charge in [0.2, 0.25) is 5.91 Å². The zero-order chi connectivity index (χ0) is 20.8. The molecule has 0 aliphatic heterocycles. The summed E-state index contributed by atoms with van der Waals surface area (Å²) in [5.74, 6) is -1.42. The van der Waals surface area contributed by atoms with E-state index in [0.29, 0.717) is 17.1 Å². The monoisotopic (exact) mass is 488 g/mol. The molecule has 0 aromatic carbocycles. The molecule has 0 aliphatic rings. The second kappa shape index (κ2) is 10.1. The molecule has 0 radical (unpaired) electrons. The van der Waals surface area contributed by atoms with Gasteiger partial charge in [-0.1, -0.05) is 0 Å². The van der Waals surface area contributed by atoms with Crippen molar-refractivity contribution in [3.05, 3.63) is 36.8 Å². The van der Waals surface area contributed by atoms with E-state index in [4.69, 9.17) is 9.47 Å². The Labute approximate surface area is 179 Å². The Bertz CT molecular complexity index is 877. The molecule has 0 bridgehead atoms. The number of thiophene rings is 2. The first-order valence-corrected chi connectivity index (χ1v) is 10.8. The Morgan fingerprint density at radius 1 is 1.21 bits per heavy atom. The standard InChI is InChI=1S/C18H21BrN2O5S2/c1-10-14(17(23)25-3)16(28-15(10)18(24)26-4)20-13(22)5-6-21(2)8-12-7-11(19)9-27-12/h7,9H,5-6,8H2,1-4H3,(H,20,22). The Morgan fingerprint density at radius 2 is 1.89 bits per heavy atom. The van der Waals surface area contributed by atoms with E-state index in [1.165, 1.54) is 19.1 Å². The molecule has 2 heterocycles. The lowest BCUT2D eigenvalue weighted by Crippen LogP contribution is -2.24. The van der Waals surface area contributed by atoms with Crippen LogP contribution in [-0.4, -0.2) is 50.6 Å². The third-order valence-electron chi connectivity index (χ3n) is 3.93. The molecule has 0 spiro atoms. The van der Waals surface area contributed by atoms with Crippen LogP contribution in [0.5, 0.6) is 0 Å². The minimum Gasteiger partial charge on any atom is -0.465 e. The van der Waals surface area contributed by atoms with Crippen LogP contribution in [0.4, 0.5) is 5.00 Å². The van der Waals surface area contributed by atoms with E-state index in [1.54, 1.807) is 18.3 Å². The van der Waals surface area contributed by atoms with Crippen LogP contribution in [0, 0.1) is 6.92 Å². The number of anilines is 1. The van der Waals surface area contributed by atoms with Gasteiger partial charge in [0.15, 0.2) is 0 Å². The number of carbonyl (C=O) groups excluding carboxylic acids is 3. The smallest absolute Gasteiger partial charge is 0.348 e. The predicted octanol–water partition coefficient (Wildman–Crippen LogP) is 3.91. The molecule has 0 atom stereocenters. The van der Waals surface area contributed by atoms with Crippen LogP contribution in [-0.2, 0) is 20.8 Å². The van der Waals surface area contributed by atoms with Crippen molar-refractivity contribution >= 4 is 61.5 Å². The highest BCUT2D eigenvalue weighted by atomic mass is 79.9. The first-order chi connectivity index (χ1) is 13.3. The maximum Gasteiger partial charge on any atom is 0.348 e. The van der Waals surface area contributed by atoms with Crippen molar-refractivity contribution in [2.45, 2.75) is 19.9 Å². The fourth-order valence-electron chi connectivity index (χ4n) is 2.50. The lowest BCUT2D eigenvalue weighted by molar-refractivity contribution is -0.116. The average Bonchev–Trinajstić information content (AvgIpc) is 3.21. The van der Waals surface area contributed by atoms with Crippen LogP contribution in [0.15, 0.2) is 15.9 Å². The lowest BCUT2D eigenvalue weighted by Gasteiger charge is -2.15. The van der Waals surface area contributed by atoms with Gasteiger partial charge in [-0.15, -0.1) is 22.7 Å². The maximum absolute atomic E-state index is 12.4. The van der Waals surface area contributed by atoms with Gasteiger partial charge in [0.1, 0.15) is 9.88 Å². The van der Waals surface area contributed by atoms with Crippen LogP contribution in [0.25, 0.3) is 0 Å².